The van der Waals surface area contributed by atoms with Crippen molar-refractivity contribution in [1.29, 1.82) is 0 Å². The average Bonchev–Trinajstić information content (AvgIpc) is 2.51. The highest BCUT2D eigenvalue weighted by atomic mass is 16.5. The van der Waals surface area contributed by atoms with E-state index in [0.717, 1.165) is 5.56 Å². The molecule has 0 unspecified atom stereocenters. The van der Waals surface area contributed by atoms with Crippen LogP contribution in [0.1, 0.15) is 25.8 Å². The largest absolute Gasteiger partial charge is 0.467 e. The maximum Gasteiger partial charge on any atom is 0.328 e. The Morgan fingerprint density at radius 2 is 1.73 bits per heavy atom. The number of nitrogens with one attached hydrogen (secondary N) is 2. The molecule has 6 heteroatoms. The molecule has 0 saturated carbocycles. The standard InChI is InChI=1S/C16H22N2O4/c1-4-13(16(21)22-3)18-15(20)14(17-11(2)19)10-12-8-6-5-7-9-12/h5-9,13-14H,4,10H2,1-3H3,(H,17,19)(H,18,20)/t13-,14+/m0/s1. The first-order valence-electron chi connectivity index (χ1n) is 7.17. The third-order valence-corrected chi connectivity index (χ3v) is 3.19. The van der Waals surface area contributed by atoms with Crippen LogP contribution in [0.15, 0.2) is 30.3 Å². The molecule has 0 aliphatic heterocycles. The number of amides is 2. The fraction of sp³-hybridized carbons (Fsp3) is 0.438. The van der Waals surface area contributed by atoms with Crippen molar-refractivity contribution in [3.05, 3.63) is 35.9 Å². The van der Waals surface area contributed by atoms with Crippen LogP contribution in [-0.4, -0.2) is 37.0 Å². The van der Waals surface area contributed by atoms with E-state index in [1.165, 1.54) is 14.0 Å². The number of rotatable bonds is 7. The van der Waals surface area contributed by atoms with Gasteiger partial charge in [-0.05, 0) is 12.0 Å². The molecular weight excluding hydrogens is 284 g/mol. The Hall–Kier alpha value is -2.37. The Bertz CT molecular complexity index is 516. The van der Waals surface area contributed by atoms with E-state index in [2.05, 4.69) is 15.4 Å². The minimum absolute atomic E-state index is 0.304. The molecule has 0 aromatic heterocycles. The van der Waals surface area contributed by atoms with Crippen LogP contribution in [0.4, 0.5) is 0 Å². The lowest BCUT2D eigenvalue weighted by Crippen LogP contribution is -2.52. The van der Waals surface area contributed by atoms with Gasteiger partial charge in [-0.15, -0.1) is 0 Å². The maximum atomic E-state index is 12.3. The molecule has 2 N–H and O–H groups in total. The molecule has 6 nitrogen and oxygen atoms in total. The second kappa shape index (κ2) is 8.81. The van der Waals surface area contributed by atoms with E-state index in [1.54, 1.807) is 6.92 Å². The minimum atomic E-state index is -0.737. The molecular formula is C16H22N2O4. The fourth-order valence-corrected chi connectivity index (χ4v) is 2.05. The molecule has 0 bridgehead atoms. The summed E-state index contributed by atoms with van der Waals surface area (Å²) in [5, 5.41) is 5.23. The van der Waals surface area contributed by atoms with E-state index < -0.39 is 24.0 Å². The van der Waals surface area contributed by atoms with Crippen molar-refractivity contribution >= 4 is 17.8 Å². The van der Waals surface area contributed by atoms with E-state index in [4.69, 9.17) is 0 Å². The first-order chi connectivity index (χ1) is 10.5. The van der Waals surface area contributed by atoms with Crippen LogP contribution in [0, 0.1) is 0 Å². The molecule has 0 aliphatic rings. The molecule has 1 rings (SSSR count). The van der Waals surface area contributed by atoms with Gasteiger partial charge in [0.15, 0.2) is 0 Å². The molecule has 1 aromatic carbocycles. The lowest BCUT2D eigenvalue weighted by Gasteiger charge is -2.21. The monoisotopic (exact) mass is 306 g/mol. The predicted molar refractivity (Wildman–Crippen MR) is 82.0 cm³/mol. The number of methoxy groups -OCH3 is 1. The van der Waals surface area contributed by atoms with Crippen LogP contribution >= 0.6 is 0 Å². The van der Waals surface area contributed by atoms with Crippen molar-refractivity contribution in [3.63, 3.8) is 0 Å². The highest BCUT2D eigenvalue weighted by Crippen LogP contribution is 2.05. The predicted octanol–water partition coefficient (Wildman–Crippen LogP) is 0.802. The summed E-state index contributed by atoms with van der Waals surface area (Å²) in [6, 6.07) is 7.90. The van der Waals surface area contributed by atoms with Crippen LogP contribution in [0.3, 0.4) is 0 Å². The Balaban J connectivity index is 2.79. The Kier molecular flexibility index (Phi) is 7.08. The number of carbonyl (C=O) groups excluding carboxylic acids is 3. The Morgan fingerprint density at radius 1 is 1.09 bits per heavy atom. The van der Waals surface area contributed by atoms with Gasteiger partial charge in [-0.25, -0.2) is 4.79 Å². The number of ether oxygens (including phenoxy) is 1. The molecule has 2 atom stereocenters. The first kappa shape index (κ1) is 17.7. The zero-order valence-corrected chi connectivity index (χ0v) is 13.1. The van der Waals surface area contributed by atoms with Gasteiger partial charge >= 0.3 is 5.97 Å². The number of hydrogen-bond donors (Lipinski definition) is 2. The zero-order chi connectivity index (χ0) is 16.5. The smallest absolute Gasteiger partial charge is 0.328 e. The number of hydrogen-bond acceptors (Lipinski definition) is 4. The Labute approximate surface area is 130 Å². The lowest BCUT2D eigenvalue weighted by molar-refractivity contribution is -0.145. The van der Waals surface area contributed by atoms with Gasteiger partial charge in [0, 0.05) is 13.3 Å². The summed E-state index contributed by atoms with van der Waals surface area (Å²) in [6.07, 6.45) is 0.764. The van der Waals surface area contributed by atoms with E-state index in [0.29, 0.717) is 12.8 Å². The topological polar surface area (TPSA) is 84.5 Å². The van der Waals surface area contributed by atoms with Crippen molar-refractivity contribution in [2.45, 2.75) is 38.8 Å². The molecule has 0 spiro atoms. The second-order valence-corrected chi connectivity index (χ2v) is 4.94. The summed E-state index contributed by atoms with van der Waals surface area (Å²) in [5.41, 5.74) is 0.919. The highest BCUT2D eigenvalue weighted by Gasteiger charge is 2.25. The van der Waals surface area contributed by atoms with Gasteiger partial charge in [0.1, 0.15) is 12.1 Å². The van der Waals surface area contributed by atoms with Gasteiger partial charge in [0.05, 0.1) is 7.11 Å². The zero-order valence-electron chi connectivity index (χ0n) is 13.1. The van der Waals surface area contributed by atoms with Crippen molar-refractivity contribution in [2.24, 2.45) is 0 Å². The van der Waals surface area contributed by atoms with E-state index in [1.807, 2.05) is 30.3 Å². The van der Waals surface area contributed by atoms with Crippen LogP contribution in [0.25, 0.3) is 0 Å². The van der Waals surface area contributed by atoms with Crippen molar-refractivity contribution in [2.75, 3.05) is 7.11 Å². The van der Waals surface area contributed by atoms with E-state index in [-0.39, 0.29) is 5.91 Å². The molecule has 2 amide bonds. The first-order valence-corrected chi connectivity index (χ1v) is 7.17. The summed E-state index contributed by atoms with van der Waals surface area (Å²) in [6.45, 7) is 3.12. The van der Waals surface area contributed by atoms with Crippen LogP contribution in [0.5, 0.6) is 0 Å². The summed E-state index contributed by atoms with van der Waals surface area (Å²) in [7, 11) is 1.27. The molecule has 22 heavy (non-hydrogen) atoms. The normalized spacial score (nSPS) is 12.9. The lowest BCUT2D eigenvalue weighted by atomic mass is 10.0. The molecule has 1 aromatic rings. The van der Waals surface area contributed by atoms with Crippen LogP contribution in [0.2, 0.25) is 0 Å². The average molecular weight is 306 g/mol. The van der Waals surface area contributed by atoms with Gasteiger partial charge in [0.25, 0.3) is 0 Å². The summed E-state index contributed by atoms with van der Waals surface area (Å²) >= 11 is 0. The summed E-state index contributed by atoms with van der Waals surface area (Å²) in [5.74, 6) is -1.21. The van der Waals surface area contributed by atoms with Crippen molar-refractivity contribution in [3.8, 4) is 0 Å². The van der Waals surface area contributed by atoms with E-state index in [9.17, 15) is 14.4 Å². The van der Waals surface area contributed by atoms with Crippen molar-refractivity contribution < 1.29 is 19.1 Å². The summed E-state index contributed by atoms with van der Waals surface area (Å²) < 4.78 is 4.64. The van der Waals surface area contributed by atoms with Crippen molar-refractivity contribution in [1.82, 2.24) is 10.6 Å². The van der Waals surface area contributed by atoms with Crippen LogP contribution < -0.4 is 10.6 Å². The fourth-order valence-electron chi connectivity index (χ4n) is 2.05. The van der Waals surface area contributed by atoms with Gasteiger partial charge in [-0.1, -0.05) is 37.3 Å². The number of benzene rings is 1. The molecule has 0 aliphatic carbocycles. The Morgan fingerprint density at radius 3 is 2.23 bits per heavy atom. The third kappa shape index (κ3) is 5.55. The highest BCUT2D eigenvalue weighted by molar-refractivity contribution is 5.90. The maximum absolute atomic E-state index is 12.3. The number of carbonyl (C=O) groups is 3. The molecule has 120 valence electrons. The summed E-state index contributed by atoms with van der Waals surface area (Å²) in [4.78, 5) is 35.2. The van der Waals surface area contributed by atoms with Gasteiger partial charge < -0.3 is 15.4 Å². The minimum Gasteiger partial charge on any atom is -0.467 e. The van der Waals surface area contributed by atoms with Crippen LogP contribution in [-0.2, 0) is 25.5 Å². The SMILES string of the molecule is CC[C@H](NC(=O)[C@@H](Cc1ccccc1)NC(C)=O)C(=O)OC. The molecule has 0 radical (unpaired) electrons. The number of esters is 1. The molecule has 0 heterocycles. The quantitative estimate of drug-likeness (QED) is 0.730. The third-order valence-electron chi connectivity index (χ3n) is 3.19. The molecule has 0 fully saturated rings. The molecule has 0 saturated heterocycles. The van der Waals surface area contributed by atoms with Gasteiger partial charge in [-0.3, -0.25) is 9.59 Å². The van der Waals surface area contributed by atoms with E-state index >= 15 is 0 Å². The van der Waals surface area contributed by atoms with Gasteiger partial charge in [-0.2, -0.15) is 0 Å². The van der Waals surface area contributed by atoms with Gasteiger partial charge in [0.2, 0.25) is 11.8 Å². The second-order valence-electron chi connectivity index (χ2n) is 4.94.